The summed E-state index contributed by atoms with van der Waals surface area (Å²) in [5.41, 5.74) is 2.94. The molecule has 3 heterocycles. The average molecular weight is 543 g/mol. The van der Waals surface area contributed by atoms with E-state index in [1.165, 1.54) is 0 Å². The number of benzene rings is 3. The van der Waals surface area contributed by atoms with Gasteiger partial charge in [-0.15, -0.1) is 0 Å². The molecule has 0 radical (unpaired) electrons. The van der Waals surface area contributed by atoms with Gasteiger partial charge in [0.05, 0.1) is 0 Å². The van der Waals surface area contributed by atoms with Crippen molar-refractivity contribution in [2.75, 3.05) is 49.6 Å². The van der Waals surface area contributed by atoms with E-state index in [-0.39, 0.29) is 16.9 Å². The molecule has 198 valence electrons. The van der Waals surface area contributed by atoms with E-state index >= 15 is 0 Å². The Morgan fingerprint density at radius 3 is 2.33 bits per heavy atom. The molecule has 4 aromatic rings. The second-order valence-electron chi connectivity index (χ2n) is 9.24. The van der Waals surface area contributed by atoms with Gasteiger partial charge >= 0.3 is 0 Å². The lowest BCUT2D eigenvalue weighted by molar-refractivity contribution is 0.0717. The van der Waals surface area contributed by atoms with Crippen molar-refractivity contribution >= 4 is 51.5 Å². The van der Waals surface area contributed by atoms with Gasteiger partial charge in [-0.2, -0.15) is 0 Å². The molecule has 6 rings (SSSR count). The van der Waals surface area contributed by atoms with Gasteiger partial charge in [0.25, 0.3) is 11.8 Å². The van der Waals surface area contributed by atoms with Crippen molar-refractivity contribution in [2.45, 2.75) is 0 Å². The van der Waals surface area contributed by atoms with E-state index in [1.54, 1.807) is 24.3 Å². The molecule has 3 aromatic carbocycles. The molecule has 0 aliphatic carbocycles. The maximum atomic E-state index is 12.9. The largest absolute Gasteiger partial charge is 0.486 e. The van der Waals surface area contributed by atoms with E-state index in [9.17, 15) is 9.59 Å². The number of fused-ring (bicyclic) bond motifs is 2. The summed E-state index contributed by atoms with van der Waals surface area (Å²) >= 11 is 5.34. The van der Waals surface area contributed by atoms with Gasteiger partial charge in [-0.3, -0.25) is 14.9 Å². The van der Waals surface area contributed by atoms with Crippen molar-refractivity contribution in [3.8, 4) is 11.5 Å². The van der Waals surface area contributed by atoms with Crippen molar-refractivity contribution in [2.24, 2.45) is 0 Å². The number of nitrogens with one attached hydrogen (secondary N) is 2. The minimum atomic E-state index is -0.337. The molecule has 9 nitrogen and oxygen atoms in total. The molecule has 1 aromatic heterocycles. The highest BCUT2D eigenvalue weighted by atomic mass is 32.1. The number of para-hydroxylation sites is 1. The Labute approximate surface area is 230 Å². The number of rotatable bonds is 4. The smallest absolute Gasteiger partial charge is 0.289 e. The highest BCUT2D eigenvalue weighted by Gasteiger charge is 2.25. The molecule has 1 fully saturated rings. The van der Waals surface area contributed by atoms with Crippen LogP contribution in [0.3, 0.4) is 0 Å². The first-order chi connectivity index (χ1) is 19.0. The van der Waals surface area contributed by atoms with Gasteiger partial charge in [0.15, 0.2) is 22.4 Å². The highest BCUT2D eigenvalue weighted by Crippen LogP contribution is 2.30. The number of carbonyl (C=O) groups is 2. The Hall–Kier alpha value is -4.57. The monoisotopic (exact) mass is 542 g/mol. The van der Waals surface area contributed by atoms with Crippen LogP contribution in [0, 0.1) is 0 Å². The quantitative estimate of drug-likeness (QED) is 0.369. The molecule has 0 atom stereocenters. The molecule has 10 heteroatoms. The highest BCUT2D eigenvalue weighted by molar-refractivity contribution is 7.80. The van der Waals surface area contributed by atoms with Crippen LogP contribution in [0.25, 0.3) is 11.0 Å². The molecule has 2 amide bonds. The SMILES string of the molecule is O=C(NC(=S)Nc1ccc(N2CCN(C(=O)c3cc4ccccc4o3)CC2)cc1)c1ccc2c(c1)OCCO2. The summed E-state index contributed by atoms with van der Waals surface area (Å²) in [5.74, 6) is 1.12. The number of thiocarbonyl (C=S) groups is 1. The van der Waals surface area contributed by atoms with Gasteiger partial charge < -0.3 is 29.0 Å². The van der Waals surface area contributed by atoms with Crippen LogP contribution in [0.5, 0.6) is 11.5 Å². The van der Waals surface area contributed by atoms with Crippen LogP contribution in [0.4, 0.5) is 11.4 Å². The standard InChI is InChI=1S/C29H26N4O5S/c34-27(20-5-10-24-25(18-20)37-16-15-36-24)31-29(39)30-21-6-8-22(9-7-21)32-11-13-33(14-12-32)28(35)26-17-19-3-1-2-4-23(19)38-26/h1-10,17-18H,11-16H2,(H2,30,31,34,39). The molecule has 0 saturated carbocycles. The van der Waals surface area contributed by atoms with Gasteiger partial charge in [0.2, 0.25) is 0 Å². The lowest BCUT2D eigenvalue weighted by Gasteiger charge is -2.35. The number of nitrogens with zero attached hydrogens (tertiary/aromatic N) is 2. The lowest BCUT2D eigenvalue weighted by Crippen LogP contribution is -2.48. The molecule has 1 saturated heterocycles. The molecule has 0 unspecified atom stereocenters. The predicted molar refractivity (Wildman–Crippen MR) is 152 cm³/mol. The third-order valence-electron chi connectivity index (χ3n) is 6.72. The third-order valence-corrected chi connectivity index (χ3v) is 6.93. The van der Waals surface area contributed by atoms with E-state index in [0.717, 1.165) is 22.3 Å². The fraction of sp³-hybridized carbons (Fsp3) is 0.207. The molecular weight excluding hydrogens is 516 g/mol. The number of furan rings is 1. The van der Waals surface area contributed by atoms with E-state index in [1.807, 2.05) is 53.4 Å². The minimum Gasteiger partial charge on any atom is -0.486 e. The second kappa shape index (κ2) is 10.7. The summed E-state index contributed by atoms with van der Waals surface area (Å²) in [5, 5.41) is 6.87. The number of hydrogen-bond donors (Lipinski definition) is 2. The van der Waals surface area contributed by atoms with Crippen LogP contribution in [0.2, 0.25) is 0 Å². The maximum absolute atomic E-state index is 12.9. The Bertz CT molecular complexity index is 1510. The molecule has 2 N–H and O–H groups in total. The summed E-state index contributed by atoms with van der Waals surface area (Å²) in [6.45, 7) is 3.57. The normalized spacial score (nSPS) is 14.7. The topological polar surface area (TPSA) is 96.3 Å². The maximum Gasteiger partial charge on any atom is 0.289 e. The summed E-state index contributed by atoms with van der Waals surface area (Å²) in [7, 11) is 0. The zero-order valence-electron chi connectivity index (χ0n) is 21.0. The lowest BCUT2D eigenvalue weighted by atomic mass is 10.2. The first-order valence-electron chi connectivity index (χ1n) is 12.7. The number of hydrogen-bond acceptors (Lipinski definition) is 7. The van der Waals surface area contributed by atoms with Crippen molar-refractivity contribution < 1.29 is 23.5 Å². The zero-order valence-corrected chi connectivity index (χ0v) is 21.8. The molecule has 39 heavy (non-hydrogen) atoms. The van der Waals surface area contributed by atoms with E-state index < -0.39 is 0 Å². The van der Waals surface area contributed by atoms with Crippen molar-refractivity contribution in [3.05, 3.63) is 84.1 Å². The first-order valence-corrected chi connectivity index (χ1v) is 13.1. The van der Waals surface area contributed by atoms with Gasteiger partial charge in [0.1, 0.15) is 18.8 Å². The van der Waals surface area contributed by atoms with Gasteiger partial charge in [-0.25, -0.2) is 0 Å². The van der Waals surface area contributed by atoms with Crippen LogP contribution in [0.1, 0.15) is 20.9 Å². The Balaban J connectivity index is 1.01. The molecular formula is C29H26N4O5S. The number of ether oxygens (including phenoxy) is 2. The van der Waals surface area contributed by atoms with Crippen LogP contribution < -0.4 is 25.0 Å². The summed E-state index contributed by atoms with van der Waals surface area (Å²) in [4.78, 5) is 29.6. The average Bonchev–Trinajstić information content (AvgIpc) is 3.41. The molecule has 2 aliphatic rings. The second-order valence-corrected chi connectivity index (χ2v) is 9.65. The Morgan fingerprint density at radius 1 is 0.821 bits per heavy atom. The molecule has 2 aliphatic heterocycles. The number of anilines is 2. The van der Waals surface area contributed by atoms with Gasteiger partial charge in [0, 0.05) is 48.5 Å². The van der Waals surface area contributed by atoms with Crippen LogP contribution >= 0.6 is 12.2 Å². The van der Waals surface area contributed by atoms with Crippen molar-refractivity contribution in [1.82, 2.24) is 10.2 Å². The van der Waals surface area contributed by atoms with E-state index in [2.05, 4.69) is 15.5 Å². The molecule has 0 spiro atoms. The minimum absolute atomic E-state index is 0.0859. The summed E-state index contributed by atoms with van der Waals surface area (Å²) < 4.78 is 16.8. The Kier molecular flexibility index (Phi) is 6.76. The van der Waals surface area contributed by atoms with Gasteiger partial charge in [-0.05, 0) is 66.8 Å². The van der Waals surface area contributed by atoms with E-state index in [0.29, 0.717) is 62.2 Å². The fourth-order valence-electron chi connectivity index (χ4n) is 4.69. The fourth-order valence-corrected chi connectivity index (χ4v) is 4.90. The Morgan fingerprint density at radius 2 is 1.56 bits per heavy atom. The predicted octanol–water partition coefficient (Wildman–Crippen LogP) is 4.29. The zero-order chi connectivity index (χ0) is 26.8. The van der Waals surface area contributed by atoms with Crippen LogP contribution in [0.15, 0.2) is 77.2 Å². The van der Waals surface area contributed by atoms with Crippen LogP contribution in [-0.4, -0.2) is 61.2 Å². The van der Waals surface area contributed by atoms with Crippen LogP contribution in [-0.2, 0) is 0 Å². The number of piperazine rings is 1. The number of carbonyl (C=O) groups excluding carboxylic acids is 2. The summed E-state index contributed by atoms with van der Waals surface area (Å²) in [6, 6.07) is 22.3. The van der Waals surface area contributed by atoms with Crippen molar-refractivity contribution in [3.63, 3.8) is 0 Å². The number of amides is 2. The third kappa shape index (κ3) is 5.37. The molecule has 0 bridgehead atoms. The van der Waals surface area contributed by atoms with Gasteiger partial charge in [-0.1, -0.05) is 18.2 Å². The summed E-state index contributed by atoms with van der Waals surface area (Å²) in [6.07, 6.45) is 0. The first kappa shape index (κ1) is 24.7. The van der Waals surface area contributed by atoms with Crippen molar-refractivity contribution in [1.29, 1.82) is 0 Å². The van der Waals surface area contributed by atoms with E-state index in [4.69, 9.17) is 26.1 Å².